The zero-order chi connectivity index (χ0) is 20.4. The fourth-order valence-electron chi connectivity index (χ4n) is 2.71. The fourth-order valence-corrected chi connectivity index (χ4v) is 3.78. The lowest BCUT2D eigenvalue weighted by Gasteiger charge is -2.21. The molecule has 28 heavy (non-hydrogen) atoms. The summed E-state index contributed by atoms with van der Waals surface area (Å²) in [6.07, 6.45) is -1.62. The van der Waals surface area contributed by atoms with Crippen LogP contribution in [0.3, 0.4) is 0 Å². The Morgan fingerprint density at radius 1 is 1.25 bits per heavy atom. The van der Waals surface area contributed by atoms with Crippen LogP contribution in [0, 0.1) is 13.8 Å². The highest BCUT2D eigenvalue weighted by Gasteiger charge is 2.29. The summed E-state index contributed by atoms with van der Waals surface area (Å²) in [6.45, 7) is 2.55. The van der Waals surface area contributed by atoms with Gasteiger partial charge < -0.3 is 29.9 Å². The number of aryl methyl sites for hydroxylation is 1. The Bertz CT molecular complexity index is 914. The van der Waals surface area contributed by atoms with Crippen LogP contribution in [0.4, 0.5) is 0 Å². The summed E-state index contributed by atoms with van der Waals surface area (Å²) in [4.78, 5) is 28.8. The van der Waals surface area contributed by atoms with E-state index in [0.29, 0.717) is 5.82 Å². The summed E-state index contributed by atoms with van der Waals surface area (Å²) >= 11 is 1.28. The van der Waals surface area contributed by atoms with Crippen LogP contribution in [0.1, 0.15) is 39.2 Å². The first-order valence-corrected chi connectivity index (χ1v) is 9.51. The average Bonchev–Trinajstić information content (AvgIpc) is 3.08. The van der Waals surface area contributed by atoms with E-state index in [2.05, 4.69) is 15.5 Å². The van der Waals surface area contributed by atoms with Gasteiger partial charge in [-0.05, 0) is 13.8 Å². The number of benzene rings is 1. The van der Waals surface area contributed by atoms with Crippen molar-refractivity contribution in [3.05, 3.63) is 34.5 Å². The molecule has 0 radical (unpaired) electrons. The molecule has 0 saturated carbocycles. The summed E-state index contributed by atoms with van der Waals surface area (Å²) in [7, 11) is 0. The molecule has 1 aromatic carbocycles. The molecule has 2 heterocycles. The Morgan fingerprint density at radius 2 is 2.00 bits per heavy atom. The molecule has 150 valence electrons. The molecule has 0 saturated heterocycles. The van der Waals surface area contributed by atoms with Crippen LogP contribution in [-0.4, -0.2) is 55.8 Å². The number of cyclic esters (lactones) is 1. The van der Waals surface area contributed by atoms with E-state index in [0.717, 1.165) is 6.07 Å². The van der Waals surface area contributed by atoms with E-state index in [1.165, 1.54) is 18.7 Å². The van der Waals surface area contributed by atoms with Gasteiger partial charge in [0, 0.05) is 28.7 Å². The Kier molecular flexibility index (Phi) is 5.75. The number of carbonyl (C=O) groups excluding carboxylic acids is 2. The van der Waals surface area contributed by atoms with Gasteiger partial charge in [-0.1, -0.05) is 5.16 Å². The number of phenols is 2. The highest BCUT2D eigenvalue weighted by Crippen LogP contribution is 2.35. The number of phenolic OH excluding ortho intramolecular Hbond substituents is 2. The molecule has 0 aliphatic carbocycles. The average molecular weight is 409 g/mol. The molecule has 0 bridgehead atoms. The van der Waals surface area contributed by atoms with E-state index in [-0.39, 0.29) is 45.6 Å². The number of aromatic hydroxyl groups is 2. The molecular weight excluding hydrogens is 390 g/mol. The first-order valence-electron chi connectivity index (χ1n) is 8.35. The van der Waals surface area contributed by atoms with Crippen molar-refractivity contribution in [2.75, 3.05) is 12.4 Å². The van der Waals surface area contributed by atoms with Crippen molar-refractivity contribution in [1.29, 1.82) is 0 Å². The minimum absolute atomic E-state index is 0.00312. The predicted octanol–water partition coefficient (Wildman–Crippen LogP) is 0.720. The van der Waals surface area contributed by atoms with Gasteiger partial charge in [-0.25, -0.2) is 4.79 Å². The Labute approximate surface area is 163 Å². The number of esters is 1. The summed E-state index contributed by atoms with van der Waals surface area (Å²) in [5.74, 6) is -1.10. The van der Waals surface area contributed by atoms with Crippen LogP contribution in [0.2, 0.25) is 0 Å². The summed E-state index contributed by atoms with van der Waals surface area (Å²) in [5.41, 5.74) is 0.522. The SMILES string of the molecule is Cc1noc([C@@H]2CSCc3c(O)cc(O)c(C)c3C(=O)OC[C@H](O)C(=O)N2)n1. The van der Waals surface area contributed by atoms with Crippen molar-refractivity contribution < 1.29 is 34.2 Å². The van der Waals surface area contributed by atoms with Gasteiger partial charge in [0.2, 0.25) is 5.89 Å². The summed E-state index contributed by atoms with van der Waals surface area (Å²) in [5, 5.41) is 36.5. The first-order chi connectivity index (χ1) is 13.3. The first kappa shape index (κ1) is 20.0. The van der Waals surface area contributed by atoms with E-state index in [1.54, 1.807) is 6.92 Å². The number of aromatic nitrogens is 2. The lowest BCUT2D eigenvalue weighted by atomic mass is 10.0. The monoisotopic (exact) mass is 409 g/mol. The zero-order valence-corrected chi connectivity index (χ0v) is 15.9. The van der Waals surface area contributed by atoms with Crippen molar-refractivity contribution in [3.8, 4) is 11.5 Å². The number of fused-ring (bicyclic) bond motifs is 1. The number of amides is 1. The number of aliphatic hydroxyl groups is 1. The molecule has 1 aliphatic rings. The van der Waals surface area contributed by atoms with Gasteiger partial charge in [0.15, 0.2) is 11.9 Å². The van der Waals surface area contributed by atoms with Crippen molar-refractivity contribution in [1.82, 2.24) is 15.5 Å². The summed E-state index contributed by atoms with van der Waals surface area (Å²) < 4.78 is 10.1. The highest BCUT2D eigenvalue weighted by molar-refractivity contribution is 7.98. The van der Waals surface area contributed by atoms with Crippen molar-refractivity contribution >= 4 is 23.6 Å². The van der Waals surface area contributed by atoms with Crippen LogP contribution >= 0.6 is 11.8 Å². The molecule has 3 rings (SSSR count). The number of nitrogens with zero attached hydrogens (tertiary/aromatic N) is 2. The number of ether oxygens (including phenoxy) is 1. The Balaban J connectivity index is 1.96. The van der Waals surface area contributed by atoms with Crippen molar-refractivity contribution in [3.63, 3.8) is 0 Å². The third-order valence-corrected chi connectivity index (χ3v) is 5.27. The number of nitrogens with one attached hydrogen (secondary N) is 1. The third-order valence-electron chi connectivity index (χ3n) is 4.21. The second-order valence-electron chi connectivity index (χ2n) is 6.26. The lowest BCUT2D eigenvalue weighted by molar-refractivity contribution is -0.132. The highest BCUT2D eigenvalue weighted by atomic mass is 32.2. The molecule has 1 aromatic heterocycles. The van der Waals surface area contributed by atoms with E-state index < -0.39 is 30.6 Å². The smallest absolute Gasteiger partial charge is 0.339 e. The minimum atomic E-state index is -1.62. The van der Waals surface area contributed by atoms with Gasteiger partial charge in [-0.3, -0.25) is 4.79 Å². The number of aliphatic hydroxyl groups excluding tert-OH is 1. The Hall–Kier alpha value is -2.79. The van der Waals surface area contributed by atoms with E-state index in [1.807, 2.05) is 0 Å². The van der Waals surface area contributed by atoms with E-state index in [9.17, 15) is 24.9 Å². The third kappa shape index (κ3) is 4.04. The topological polar surface area (TPSA) is 155 Å². The predicted molar refractivity (Wildman–Crippen MR) is 96.9 cm³/mol. The van der Waals surface area contributed by atoms with Gasteiger partial charge >= 0.3 is 5.97 Å². The molecule has 0 fully saturated rings. The minimum Gasteiger partial charge on any atom is -0.508 e. The van der Waals surface area contributed by atoms with Gasteiger partial charge in [0.1, 0.15) is 24.1 Å². The zero-order valence-electron chi connectivity index (χ0n) is 15.1. The number of hydrogen-bond donors (Lipinski definition) is 4. The largest absolute Gasteiger partial charge is 0.508 e. The molecule has 2 aromatic rings. The molecule has 11 heteroatoms. The van der Waals surface area contributed by atoms with Gasteiger partial charge in [-0.15, -0.1) is 0 Å². The van der Waals surface area contributed by atoms with Crippen molar-refractivity contribution in [2.24, 2.45) is 0 Å². The maximum absolute atomic E-state index is 12.5. The molecule has 4 N–H and O–H groups in total. The van der Waals surface area contributed by atoms with Gasteiger partial charge in [0.25, 0.3) is 5.91 Å². The fraction of sp³-hybridized carbons (Fsp3) is 0.412. The van der Waals surface area contributed by atoms with Crippen LogP contribution in [-0.2, 0) is 15.3 Å². The van der Waals surface area contributed by atoms with Crippen molar-refractivity contribution in [2.45, 2.75) is 31.7 Å². The van der Waals surface area contributed by atoms with Gasteiger partial charge in [-0.2, -0.15) is 16.7 Å². The quantitative estimate of drug-likeness (QED) is 0.495. The van der Waals surface area contributed by atoms with Crippen LogP contribution in [0.15, 0.2) is 10.6 Å². The second-order valence-corrected chi connectivity index (χ2v) is 7.29. The molecular formula is C17H19N3O7S. The Morgan fingerprint density at radius 3 is 2.68 bits per heavy atom. The maximum Gasteiger partial charge on any atom is 0.339 e. The number of hydrogen-bond acceptors (Lipinski definition) is 10. The van der Waals surface area contributed by atoms with Gasteiger partial charge in [0.05, 0.1) is 5.56 Å². The molecule has 0 unspecified atom stereocenters. The molecule has 2 atom stereocenters. The lowest BCUT2D eigenvalue weighted by Crippen LogP contribution is -2.41. The van der Waals surface area contributed by atoms with Crippen LogP contribution in [0.5, 0.6) is 11.5 Å². The van der Waals surface area contributed by atoms with Crippen LogP contribution in [0.25, 0.3) is 0 Å². The standard InChI is InChI=1S/C17H19N3O7S/c1-7-11(21)3-12(22)9-5-28-6-10(16-18-8(2)20-27-16)19-15(24)13(23)4-26-17(25)14(7)9/h3,10,13,21-23H,4-6H2,1-2H3,(H,19,24)/t10-,13-/m0/s1. The number of carbonyl (C=O) groups is 2. The molecule has 1 aliphatic heterocycles. The molecule has 0 spiro atoms. The van der Waals surface area contributed by atoms with E-state index in [4.69, 9.17) is 9.26 Å². The molecule has 10 nitrogen and oxygen atoms in total. The number of thioether (sulfide) groups is 1. The number of rotatable bonds is 1. The van der Waals surface area contributed by atoms with Crippen LogP contribution < -0.4 is 5.32 Å². The second kappa shape index (κ2) is 8.07. The normalized spacial score (nSPS) is 21.1. The van der Waals surface area contributed by atoms with E-state index >= 15 is 0 Å². The summed E-state index contributed by atoms with van der Waals surface area (Å²) in [6, 6.07) is 0.468. The maximum atomic E-state index is 12.5. The molecule has 1 amide bonds.